The minimum Gasteiger partial charge on any atom is -0.314 e. The van der Waals surface area contributed by atoms with Crippen LogP contribution in [0.25, 0.3) is 0 Å². The summed E-state index contributed by atoms with van der Waals surface area (Å²) in [5, 5.41) is 3.42. The molecule has 0 saturated carbocycles. The molecule has 80 valence electrons. The standard InChI is InChI=1S/C12H17N3/c1-2-7-15-8-6-14-10-12(15)11-4-3-5-13-9-11/h2-5,9,12,14H,1,6-8,10H2. The number of piperazine rings is 1. The lowest BCUT2D eigenvalue weighted by Crippen LogP contribution is -2.45. The highest BCUT2D eigenvalue weighted by molar-refractivity contribution is 5.15. The van der Waals surface area contributed by atoms with Crippen molar-refractivity contribution in [3.8, 4) is 0 Å². The number of aromatic nitrogens is 1. The Labute approximate surface area is 90.8 Å². The van der Waals surface area contributed by atoms with Gasteiger partial charge in [0.05, 0.1) is 0 Å². The van der Waals surface area contributed by atoms with Gasteiger partial charge in [0.1, 0.15) is 0 Å². The van der Waals surface area contributed by atoms with Crippen LogP contribution >= 0.6 is 0 Å². The van der Waals surface area contributed by atoms with E-state index in [9.17, 15) is 0 Å². The van der Waals surface area contributed by atoms with Crippen LogP contribution in [0.1, 0.15) is 11.6 Å². The molecular formula is C12H17N3. The minimum absolute atomic E-state index is 0.436. The molecule has 1 N–H and O–H groups in total. The van der Waals surface area contributed by atoms with Crippen LogP contribution in [0, 0.1) is 0 Å². The molecule has 0 amide bonds. The van der Waals surface area contributed by atoms with Crippen LogP contribution in [0.3, 0.4) is 0 Å². The Kier molecular flexibility index (Phi) is 3.48. The van der Waals surface area contributed by atoms with Gasteiger partial charge in [-0.2, -0.15) is 0 Å². The molecule has 0 aromatic carbocycles. The van der Waals surface area contributed by atoms with Gasteiger partial charge in [0.15, 0.2) is 0 Å². The quantitative estimate of drug-likeness (QED) is 0.749. The van der Waals surface area contributed by atoms with E-state index < -0.39 is 0 Å². The van der Waals surface area contributed by atoms with Crippen LogP contribution in [0.5, 0.6) is 0 Å². The van der Waals surface area contributed by atoms with Crippen molar-refractivity contribution in [2.24, 2.45) is 0 Å². The van der Waals surface area contributed by atoms with Crippen molar-refractivity contribution >= 4 is 0 Å². The largest absolute Gasteiger partial charge is 0.314 e. The average Bonchev–Trinajstić information content (AvgIpc) is 2.31. The maximum Gasteiger partial charge on any atom is 0.0491 e. The Bertz CT molecular complexity index is 310. The van der Waals surface area contributed by atoms with Gasteiger partial charge in [0, 0.05) is 44.6 Å². The molecule has 3 nitrogen and oxygen atoms in total. The molecule has 0 aliphatic carbocycles. The van der Waals surface area contributed by atoms with E-state index in [0.717, 1.165) is 26.2 Å². The van der Waals surface area contributed by atoms with E-state index in [1.165, 1.54) is 5.56 Å². The molecule has 1 unspecified atom stereocenters. The Hall–Kier alpha value is -1.19. The molecule has 1 aromatic heterocycles. The van der Waals surface area contributed by atoms with Crippen molar-refractivity contribution in [2.75, 3.05) is 26.2 Å². The SMILES string of the molecule is C=CCN1CCNCC1c1cccnc1. The van der Waals surface area contributed by atoms with Crippen molar-refractivity contribution in [1.82, 2.24) is 15.2 Å². The van der Waals surface area contributed by atoms with Crippen molar-refractivity contribution in [3.63, 3.8) is 0 Å². The lowest BCUT2D eigenvalue weighted by molar-refractivity contribution is 0.180. The predicted molar refractivity (Wildman–Crippen MR) is 61.6 cm³/mol. The molecule has 15 heavy (non-hydrogen) atoms. The zero-order valence-corrected chi connectivity index (χ0v) is 8.89. The van der Waals surface area contributed by atoms with Gasteiger partial charge in [-0.05, 0) is 11.6 Å². The first-order valence-corrected chi connectivity index (χ1v) is 5.37. The van der Waals surface area contributed by atoms with E-state index in [0.29, 0.717) is 6.04 Å². The first kappa shape index (κ1) is 10.3. The lowest BCUT2D eigenvalue weighted by atomic mass is 10.1. The van der Waals surface area contributed by atoms with E-state index in [1.54, 1.807) is 0 Å². The second kappa shape index (κ2) is 5.05. The molecule has 1 saturated heterocycles. The molecule has 0 bridgehead atoms. The summed E-state index contributed by atoms with van der Waals surface area (Å²) >= 11 is 0. The molecular weight excluding hydrogens is 186 g/mol. The highest BCUT2D eigenvalue weighted by Crippen LogP contribution is 2.20. The van der Waals surface area contributed by atoms with Crippen molar-refractivity contribution in [2.45, 2.75) is 6.04 Å². The maximum atomic E-state index is 4.17. The zero-order valence-electron chi connectivity index (χ0n) is 8.89. The van der Waals surface area contributed by atoms with Gasteiger partial charge in [-0.3, -0.25) is 9.88 Å². The van der Waals surface area contributed by atoms with Gasteiger partial charge in [-0.25, -0.2) is 0 Å². The van der Waals surface area contributed by atoms with Crippen LogP contribution in [-0.4, -0.2) is 36.1 Å². The van der Waals surface area contributed by atoms with Crippen LogP contribution in [0.2, 0.25) is 0 Å². The molecule has 2 heterocycles. The second-order valence-corrected chi connectivity index (χ2v) is 3.79. The van der Waals surface area contributed by atoms with E-state index in [2.05, 4.69) is 27.8 Å². The summed E-state index contributed by atoms with van der Waals surface area (Å²) in [6, 6.07) is 4.57. The van der Waals surface area contributed by atoms with Gasteiger partial charge in [-0.15, -0.1) is 6.58 Å². The molecule has 0 spiro atoms. The molecule has 1 atom stereocenters. The van der Waals surface area contributed by atoms with Gasteiger partial charge in [0.2, 0.25) is 0 Å². The number of hydrogen-bond acceptors (Lipinski definition) is 3. The highest BCUT2D eigenvalue weighted by atomic mass is 15.2. The predicted octanol–water partition coefficient (Wildman–Crippen LogP) is 1.21. The zero-order chi connectivity index (χ0) is 10.5. The lowest BCUT2D eigenvalue weighted by Gasteiger charge is -2.35. The summed E-state index contributed by atoms with van der Waals surface area (Å²) in [6.07, 6.45) is 5.74. The highest BCUT2D eigenvalue weighted by Gasteiger charge is 2.22. The third-order valence-corrected chi connectivity index (χ3v) is 2.79. The van der Waals surface area contributed by atoms with Gasteiger partial charge < -0.3 is 5.32 Å². The number of pyridine rings is 1. The first-order chi connectivity index (χ1) is 7.42. The summed E-state index contributed by atoms with van der Waals surface area (Å²) in [7, 11) is 0. The van der Waals surface area contributed by atoms with Crippen LogP contribution in [-0.2, 0) is 0 Å². The van der Waals surface area contributed by atoms with E-state index >= 15 is 0 Å². The van der Waals surface area contributed by atoms with Gasteiger partial charge >= 0.3 is 0 Å². The molecule has 1 aliphatic heterocycles. The van der Waals surface area contributed by atoms with Gasteiger partial charge in [-0.1, -0.05) is 12.1 Å². The first-order valence-electron chi connectivity index (χ1n) is 5.37. The normalized spacial score (nSPS) is 22.5. The fourth-order valence-electron chi connectivity index (χ4n) is 2.03. The van der Waals surface area contributed by atoms with Crippen LogP contribution < -0.4 is 5.32 Å². The Morgan fingerprint density at radius 2 is 2.60 bits per heavy atom. The summed E-state index contributed by atoms with van der Waals surface area (Å²) in [6.45, 7) is 7.89. The number of nitrogens with zero attached hydrogens (tertiary/aromatic N) is 2. The van der Waals surface area contributed by atoms with Crippen molar-refractivity contribution in [3.05, 3.63) is 42.7 Å². The molecule has 0 radical (unpaired) electrons. The van der Waals surface area contributed by atoms with Crippen molar-refractivity contribution in [1.29, 1.82) is 0 Å². The van der Waals surface area contributed by atoms with E-state index in [1.807, 2.05) is 24.5 Å². The summed E-state index contributed by atoms with van der Waals surface area (Å²) in [5.41, 5.74) is 1.28. The second-order valence-electron chi connectivity index (χ2n) is 3.79. The topological polar surface area (TPSA) is 28.2 Å². The van der Waals surface area contributed by atoms with Crippen molar-refractivity contribution < 1.29 is 0 Å². The van der Waals surface area contributed by atoms with Crippen LogP contribution in [0.4, 0.5) is 0 Å². The number of hydrogen-bond donors (Lipinski definition) is 1. The maximum absolute atomic E-state index is 4.17. The van der Waals surface area contributed by atoms with Crippen LogP contribution in [0.15, 0.2) is 37.2 Å². The van der Waals surface area contributed by atoms with Gasteiger partial charge in [0.25, 0.3) is 0 Å². The molecule has 1 fully saturated rings. The fourth-order valence-corrected chi connectivity index (χ4v) is 2.03. The Balaban J connectivity index is 2.14. The molecule has 2 rings (SSSR count). The van der Waals surface area contributed by atoms with E-state index in [-0.39, 0.29) is 0 Å². The number of rotatable bonds is 3. The third kappa shape index (κ3) is 2.43. The Morgan fingerprint density at radius 3 is 3.33 bits per heavy atom. The Morgan fingerprint density at radius 1 is 1.67 bits per heavy atom. The van der Waals surface area contributed by atoms with E-state index in [4.69, 9.17) is 0 Å². The summed E-state index contributed by atoms with van der Waals surface area (Å²) in [4.78, 5) is 6.61. The monoisotopic (exact) mass is 203 g/mol. The smallest absolute Gasteiger partial charge is 0.0491 e. The average molecular weight is 203 g/mol. The number of nitrogens with one attached hydrogen (secondary N) is 1. The third-order valence-electron chi connectivity index (χ3n) is 2.79. The fraction of sp³-hybridized carbons (Fsp3) is 0.417. The summed E-state index contributed by atoms with van der Waals surface area (Å²) in [5.74, 6) is 0. The molecule has 3 heteroatoms. The summed E-state index contributed by atoms with van der Waals surface area (Å²) < 4.78 is 0. The minimum atomic E-state index is 0.436. The molecule has 1 aromatic rings. The molecule has 1 aliphatic rings.